The molecule has 2 rings (SSSR count). The van der Waals surface area contributed by atoms with Gasteiger partial charge in [0.2, 0.25) is 0 Å². The molecule has 0 unspecified atom stereocenters. The molecule has 0 fully saturated rings. The van der Waals surface area contributed by atoms with E-state index in [-0.39, 0.29) is 16.7 Å². The lowest BCUT2D eigenvalue weighted by Gasteiger charge is -2.05. The van der Waals surface area contributed by atoms with Crippen molar-refractivity contribution in [3.63, 3.8) is 0 Å². The predicted molar refractivity (Wildman–Crippen MR) is 59.7 cm³/mol. The summed E-state index contributed by atoms with van der Waals surface area (Å²) in [5, 5.41) is 0. The van der Waals surface area contributed by atoms with Crippen LogP contribution in [0.15, 0.2) is 42.5 Å². The zero-order chi connectivity index (χ0) is 11.5. The van der Waals surface area contributed by atoms with Gasteiger partial charge in [0.05, 0.1) is 5.56 Å². The minimum atomic E-state index is -0.560. The van der Waals surface area contributed by atoms with Gasteiger partial charge in [-0.05, 0) is 12.1 Å². The van der Waals surface area contributed by atoms with E-state index < -0.39 is 11.6 Å². The Morgan fingerprint density at radius 3 is 2.25 bits per heavy atom. The van der Waals surface area contributed by atoms with Crippen molar-refractivity contribution in [3.05, 3.63) is 59.7 Å². The molecule has 16 heavy (non-hydrogen) atoms. The Labute approximate surface area is 92.5 Å². The van der Waals surface area contributed by atoms with Gasteiger partial charge in [0.15, 0.2) is 0 Å². The number of hydrogen-bond donors (Lipinski definition) is 0. The van der Waals surface area contributed by atoms with Gasteiger partial charge in [-0.1, -0.05) is 36.3 Å². The van der Waals surface area contributed by atoms with Gasteiger partial charge in [0, 0.05) is 11.1 Å². The first-order valence-corrected chi connectivity index (χ1v) is 4.74. The number of benzene rings is 2. The summed E-state index contributed by atoms with van der Waals surface area (Å²) in [6.07, 6.45) is 5.15. The van der Waals surface area contributed by atoms with E-state index in [0.717, 1.165) is 0 Å². The molecule has 0 aliphatic rings. The van der Waals surface area contributed by atoms with Crippen LogP contribution in [0.5, 0.6) is 0 Å². The van der Waals surface area contributed by atoms with Crippen LogP contribution >= 0.6 is 0 Å². The summed E-state index contributed by atoms with van der Waals surface area (Å²) in [5.41, 5.74) is 0.548. The average molecular weight is 214 g/mol. The number of halogens is 2. The molecular weight excluding hydrogens is 206 g/mol. The summed E-state index contributed by atoms with van der Waals surface area (Å²) in [6.45, 7) is 0. The van der Waals surface area contributed by atoms with Crippen molar-refractivity contribution < 1.29 is 8.78 Å². The zero-order valence-electron chi connectivity index (χ0n) is 8.37. The molecule has 0 N–H and O–H groups in total. The van der Waals surface area contributed by atoms with Crippen molar-refractivity contribution >= 4 is 0 Å². The number of hydrogen-bond acceptors (Lipinski definition) is 0. The van der Waals surface area contributed by atoms with Crippen molar-refractivity contribution in [2.75, 3.05) is 0 Å². The fourth-order valence-electron chi connectivity index (χ4n) is 1.53. The van der Waals surface area contributed by atoms with Gasteiger partial charge in [-0.15, -0.1) is 6.42 Å². The van der Waals surface area contributed by atoms with Crippen LogP contribution in [-0.2, 0) is 0 Å². The van der Waals surface area contributed by atoms with Crippen molar-refractivity contribution in [2.45, 2.75) is 0 Å². The summed E-state index contributed by atoms with van der Waals surface area (Å²) < 4.78 is 27.3. The number of terminal acetylenes is 1. The topological polar surface area (TPSA) is 0 Å². The van der Waals surface area contributed by atoms with Crippen LogP contribution in [0.2, 0.25) is 0 Å². The quantitative estimate of drug-likeness (QED) is 0.636. The van der Waals surface area contributed by atoms with Crippen LogP contribution in [0.3, 0.4) is 0 Å². The molecular formula is C14H8F2. The highest BCUT2D eigenvalue weighted by Gasteiger charge is 2.11. The fourth-order valence-corrected chi connectivity index (χ4v) is 1.53. The molecule has 2 heteroatoms. The molecule has 0 aliphatic heterocycles. The molecule has 2 aromatic carbocycles. The maximum absolute atomic E-state index is 13.8. The number of rotatable bonds is 1. The maximum Gasteiger partial charge on any atom is 0.146 e. The monoisotopic (exact) mass is 214 g/mol. The van der Waals surface area contributed by atoms with Gasteiger partial charge >= 0.3 is 0 Å². The maximum atomic E-state index is 13.8. The third-order valence-corrected chi connectivity index (χ3v) is 2.32. The summed E-state index contributed by atoms with van der Waals surface area (Å²) >= 11 is 0. The Morgan fingerprint density at radius 2 is 1.56 bits per heavy atom. The highest BCUT2D eigenvalue weighted by Crippen LogP contribution is 2.26. The van der Waals surface area contributed by atoms with Gasteiger partial charge in [-0.25, -0.2) is 8.78 Å². The molecule has 0 aliphatic carbocycles. The molecule has 0 heterocycles. The van der Waals surface area contributed by atoms with E-state index in [2.05, 4.69) is 5.92 Å². The molecule has 0 saturated heterocycles. The SMILES string of the molecule is C#Cc1cccc(-c2ccccc2F)c1F. The largest absolute Gasteiger partial charge is 0.206 e. The van der Waals surface area contributed by atoms with Gasteiger partial charge < -0.3 is 0 Å². The molecule has 0 radical (unpaired) electrons. The first-order valence-electron chi connectivity index (χ1n) is 4.74. The molecule has 2 aromatic rings. The molecule has 0 saturated carbocycles. The van der Waals surface area contributed by atoms with Crippen LogP contribution in [0.25, 0.3) is 11.1 Å². The van der Waals surface area contributed by atoms with Gasteiger partial charge in [-0.3, -0.25) is 0 Å². The summed E-state index contributed by atoms with van der Waals surface area (Å²) in [6, 6.07) is 10.6. The lowest BCUT2D eigenvalue weighted by molar-refractivity contribution is 0.614. The van der Waals surface area contributed by atoms with E-state index >= 15 is 0 Å². The highest BCUT2D eigenvalue weighted by molar-refractivity contribution is 5.66. The molecule has 78 valence electrons. The standard InChI is InChI=1S/C14H8F2/c1-2-10-6-5-8-12(14(10)16)11-7-3-4-9-13(11)15/h1,3-9H. The fraction of sp³-hybridized carbons (Fsp3) is 0. The van der Waals surface area contributed by atoms with Crippen molar-refractivity contribution in [3.8, 4) is 23.5 Å². The Morgan fingerprint density at radius 1 is 0.875 bits per heavy atom. The van der Waals surface area contributed by atoms with Crippen LogP contribution in [0.1, 0.15) is 5.56 Å². The van der Waals surface area contributed by atoms with Crippen molar-refractivity contribution in [1.29, 1.82) is 0 Å². The molecule has 0 nitrogen and oxygen atoms in total. The first-order chi connectivity index (χ1) is 7.74. The minimum absolute atomic E-state index is 0.140. The Kier molecular flexibility index (Phi) is 2.70. The van der Waals surface area contributed by atoms with E-state index in [4.69, 9.17) is 6.42 Å². The van der Waals surface area contributed by atoms with Gasteiger partial charge in [0.1, 0.15) is 11.6 Å². The van der Waals surface area contributed by atoms with Crippen molar-refractivity contribution in [1.82, 2.24) is 0 Å². The lowest BCUT2D eigenvalue weighted by Crippen LogP contribution is -1.91. The second kappa shape index (κ2) is 4.16. The van der Waals surface area contributed by atoms with E-state index in [0.29, 0.717) is 0 Å². The van der Waals surface area contributed by atoms with Crippen LogP contribution in [0, 0.1) is 24.0 Å². The normalized spacial score (nSPS) is 9.81. The summed E-state index contributed by atoms with van der Waals surface area (Å²) in [4.78, 5) is 0. The Hall–Kier alpha value is -2.14. The van der Waals surface area contributed by atoms with E-state index in [1.165, 1.54) is 24.3 Å². The van der Waals surface area contributed by atoms with E-state index in [9.17, 15) is 8.78 Å². The van der Waals surface area contributed by atoms with Gasteiger partial charge in [0.25, 0.3) is 0 Å². The summed E-state index contributed by atoms with van der Waals surface area (Å²) in [5.74, 6) is 1.20. The van der Waals surface area contributed by atoms with Crippen molar-refractivity contribution in [2.24, 2.45) is 0 Å². The summed E-state index contributed by atoms with van der Waals surface area (Å²) in [7, 11) is 0. The first kappa shape index (κ1) is 10.4. The van der Waals surface area contributed by atoms with Gasteiger partial charge in [-0.2, -0.15) is 0 Å². The Balaban J connectivity index is 2.67. The highest BCUT2D eigenvalue weighted by atomic mass is 19.1. The average Bonchev–Trinajstić information content (AvgIpc) is 2.31. The molecule has 0 spiro atoms. The third kappa shape index (κ3) is 1.68. The predicted octanol–water partition coefficient (Wildman–Crippen LogP) is 3.61. The third-order valence-electron chi connectivity index (χ3n) is 2.32. The molecule has 0 bridgehead atoms. The molecule has 0 atom stereocenters. The smallest absolute Gasteiger partial charge is 0.146 e. The Bertz CT molecular complexity index is 565. The van der Waals surface area contributed by atoms with Crippen LogP contribution < -0.4 is 0 Å². The molecule has 0 amide bonds. The second-order valence-electron chi connectivity index (χ2n) is 3.29. The van der Waals surface area contributed by atoms with Crippen LogP contribution in [-0.4, -0.2) is 0 Å². The van der Waals surface area contributed by atoms with Crippen LogP contribution in [0.4, 0.5) is 8.78 Å². The van der Waals surface area contributed by atoms with E-state index in [1.54, 1.807) is 18.2 Å². The minimum Gasteiger partial charge on any atom is -0.206 e. The lowest BCUT2D eigenvalue weighted by atomic mass is 10.0. The zero-order valence-corrected chi connectivity index (χ0v) is 8.37. The molecule has 0 aromatic heterocycles. The second-order valence-corrected chi connectivity index (χ2v) is 3.29. The van der Waals surface area contributed by atoms with E-state index in [1.807, 2.05) is 0 Å².